The van der Waals surface area contributed by atoms with Crippen molar-refractivity contribution in [3.8, 4) is 0 Å². The monoisotopic (exact) mass is 476 g/mol. The first-order valence-corrected chi connectivity index (χ1v) is 11.1. The van der Waals surface area contributed by atoms with Gasteiger partial charge in [-0.15, -0.1) is 0 Å². The summed E-state index contributed by atoms with van der Waals surface area (Å²) in [5, 5.41) is 2.71. The van der Waals surface area contributed by atoms with E-state index in [-0.39, 0.29) is 25.1 Å². The molecule has 9 nitrogen and oxygen atoms in total. The van der Waals surface area contributed by atoms with E-state index in [1.54, 1.807) is 53.4 Å². The van der Waals surface area contributed by atoms with Crippen LogP contribution in [-0.2, 0) is 4.74 Å². The van der Waals surface area contributed by atoms with Gasteiger partial charge in [-0.3, -0.25) is 4.90 Å². The van der Waals surface area contributed by atoms with Crippen molar-refractivity contribution >= 4 is 46.3 Å². The number of anilines is 3. The van der Waals surface area contributed by atoms with Crippen molar-refractivity contribution in [2.24, 2.45) is 4.99 Å². The Bertz CT molecular complexity index is 1440. The standard InChI is InChI=1S/C27H20N6O3/c1-18-4-12-23(13-5-18)33-26(35)32(22-14-10-20(29-3)11-15-22)24(27(33)16-36-17-27)31-25(34)30-21-8-6-19(28-2)7-9-21/h4-15H,16-17H2,1H3,(H,30,34). The lowest BCUT2D eigenvalue weighted by Gasteiger charge is -2.43. The molecule has 5 rings (SSSR count). The Hall–Kier alpha value is -4.99. The molecule has 3 aromatic carbocycles. The van der Waals surface area contributed by atoms with Crippen molar-refractivity contribution in [2.75, 3.05) is 28.3 Å². The van der Waals surface area contributed by atoms with E-state index in [4.69, 9.17) is 17.9 Å². The minimum Gasteiger partial charge on any atom is -0.375 e. The minimum absolute atomic E-state index is 0.176. The molecule has 0 bridgehead atoms. The van der Waals surface area contributed by atoms with Gasteiger partial charge in [-0.1, -0.05) is 42.0 Å². The molecule has 9 heteroatoms. The third-order valence-electron chi connectivity index (χ3n) is 6.10. The molecule has 0 aromatic heterocycles. The van der Waals surface area contributed by atoms with Crippen molar-refractivity contribution < 1.29 is 14.3 Å². The number of aryl methyl sites for hydroxylation is 1. The molecule has 2 saturated heterocycles. The molecule has 0 aliphatic carbocycles. The van der Waals surface area contributed by atoms with Crippen molar-refractivity contribution in [3.63, 3.8) is 0 Å². The van der Waals surface area contributed by atoms with E-state index in [1.165, 1.54) is 4.90 Å². The fraction of sp³-hybridized carbons (Fsp3) is 0.148. The Labute approximate surface area is 207 Å². The number of carbonyl (C=O) groups is 2. The summed E-state index contributed by atoms with van der Waals surface area (Å²) in [6.07, 6.45) is 0. The summed E-state index contributed by atoms with van der Waals surface area (Å²) in [5.74, 6) is 0.241. The van der Waals surface area contributed by atoms with Gasteiger partial charge in [0.2, 0.25) is 0 Å². The summed E-state index contributed by atoms with van der Waals surface area (Å²) in [6, 6.07) is 19.5. The van der Waals surface area contributed by atoms with E-state index < -0.39 is 11.6 Å². The zero-order valence-corrected chi connectivity index (χ0v) is 19.3. The van der Waals surface area contributed by atoms with Crippen LogP contribution in [0.5, 0.6) is 0 Å². The first-order valence-electron chi connectivity index (χ1n) is 11.1. The van der Waals surface area contributed by atoms with Crippen LogP contribution in [0, 0.1) is 20.1 Å². The van der Waals surface area contributed by atoms with Crippen LogP contribution in [0.25, 0.3) is 9.69 Å². The SMILES string of the molecule is [C-]#[N+]c1ccc(NC(=O)N=C2N(c3ccc([N+]#[C-])cc3)C(=O)N(c3ccc(C)cc3)C23COC3)cc1. The maximum absolute atomic E-state index is 13.9. The fourth-order valence-corrected chi connectivity index (χ4v) is 4.22. The molecule has 0 radical (unpaired) electrons. The highest BCUT2D eigenvalue weighted by Crippen LogP contribution is 2.41. The Balaban J connectivity index is 1.58. The molecule has 176 valence electrons. The van der Waals surface area contributed by atoms with E-state index >= 15 is 0 Å². The van der Waals surface area contributed by atoms with Crippen molar-refractivity contribution in [3.05, 3.63) is 101 Å². The number of urea groups is 2. The predicted octanol–water partition coefficient (Wildman–Crippen LogP) is 5.94. The Kier molecular flexibility index (Phi) is 5.69. The topological polar surface area (TPSA) is 83.0 Å². The predicted molar refractivity (Wildman–Crippen MR) is 137 cm³/mol. The normalized spacial score (nSPS) is 17.0. The molecule has 0 atom stereocenters. The Morgan fingerprint density at radius 2 is 1.47 bits per heavy atom. The van der Waals surface area contributed by atoms with Crippen molar-refractivity contribution in [1.29, 1.82) is 0 Å². The highest BCUT2D eigenvalue weighted by atomic mass is 16.5. The molecule has 2 heterocycles. The van der Waals surface area contributed by atoms with Gasteiger partial charge in [0.25, 0.3) is 0 Å². The number of carbonyl (C=O) groups excluding carboxylic acids is 2. The Morgan fingerprint density at radius 3 is 2.00 bits per heavy atom. The second-order valence-electron chi connectivity index (χ2n) is 8.47. The first kappa shape index (κ1) is 22.8. The van der Waals surface area contributed by atoms with Gasteiger partial charge >= 0.3 is 12.1 Å². The summed E-state index contributed by atoms with van der Waals surface area (Å²) >= 11 is 0. The summed E-state index contributed by atoms with van der Waals surface area (Å²) in [6.45, 7) is 16.6. The maximum Gasteiger partial charge on any atom is 0.347 e. The number of nitrogens with zero attached hydrogens (tertiary/aromatic N) is 5. The van der Waals surface area contributed by atoms with Crippen LogP contribution < -0.4 is 15.1 Å². The molecule has 3 aromatic rings. The second-order valence-corrected chi connectivity index (χ2v) is 8.47. The van der Waals surface area contributed by atoms with Crippen molar-refractivity contribution in [1.82, 2.24) is 0 Å². The van der Waals surface area contributed by atoms with Crippen LogP contribution in [0.15, 0.2) is 77.8 Å². The number of ether oxygens (including phenoxy) is 1. The number of amidine groups is 1. The average molecular weight is 476 g/mol. The number of hydrogen-bond acceptors (Lipinski definition) is 3. The summed E-state index contributed by atoms with van der Waals surface area (Å²) < 4.78 is 5.56. The van der Waals surface area contributed by atoms with Gasteiger partial charge in [0.05, 0.1) is 26.4 Å². The minimum atomic E-state index is -0.962. The van der Waals surface area contributed by atoms with Crippen LogP contribution in [0.3, 0.4) is 0 Å². The van der Waals surface area contributed by atoms with Gasteiger partial charge in [0, 0.05) is 17.1 Å². The highest BCUT2D eigenvalue weighted by Gasteiger charge is 2.61. The van der Waals surface area contributed by atoms with Crippen LogP contribution in [0.2, 0.25) is 0 Å². The van der Waals surface area contributed by atoms with Gasteiger partial charge in [-0.25, -0.2) is 24.2 Å². The summed E-state index contributed by atoms with van der Waals surface area (Å²) in [5.41, 5.74) is 2.60. The number of nitrogens with one attached hydrogen (secondary N) is 1. The third kappa shape index (κ3) is 3.84. The van der Waals surface area contributed by atoms with E-state index in [9.17, 15) is 9.59 Å². The smallest absolute Gasteiger partial charge is 0.347 e. The highest BCUT2D eigenvalue weighted by molar-refractivity contribution is 6.34. The number of aliphatic imine (C=N–C) groups is 1. The fourth-order valence-electron chi connectivity index (χ4n) is 4.22. The molecule has 2 fully saturated rings. The molecule has 0 unspecified atom stereocenters. The maximum atomic E-state index is 13.9. The molecule has 4 amide bonds. The molecule has 0 saturated carbocycles. The van der Waals surface area contributed by atoms with E-state index in [2.05, 4.69) is 20.0 Å². The van der Waals surface area contributed by atoms with Crippen LogP contribution in [0.4, 0.5) is 38.0 Å². The zero-order valence-electron chi connectivity index (χ0n) is 19.3. The van der Waals surface area contributed by atoms with Gasteiger partial charge in [0.1, 0.15) is 0 Å². The molecule has 36 heavy (non-hydrogen) atoms. The average Bonchev–Trinajstić information content (AvgIpc) is 3.13. The van der Waals surface area contributed by atoms with Crippen molar-refractivity contribution in [2.45, 2.75) is 12.5 Å². The number of rotatable bonds is 3. The number of benzene rings is 3. The van der Waals surface area contributed by atoms with Crippen LogP contribution >= 0.6 is 0 Å². The summed E-state index contributed by atoms with van der Waals surface area (Å²) in [4.78, 5) is 41.0. The van der Waals surface area contributed by atoms with Gasteiger partial charge in [0.15, 0.2) is 22.7 Å². The largest absolute Gasteiger partial charge is 0.375 e. The molecule has 2 aliphatic heterocycles. The quantitative estimate of drug-likeness (QED) is 0.475. The second kappa shape index (κ2) is 8.99. The number of amides is 4. The molecule has 1 N–H and O–H groups in total. The number of hydrogen-bond donors (Lipinski definition) is 1. The zero-order chi connectivity index (χ0) is 25.3. The molecular formula is C27H20N6O3. The van der Waals surface area contributed by atoms with Gasteiger partial charge < -0.3 is 10.1 Å². The third-order valence-corrected chi connectivity index (χ3v) is 6.10. The van der Waals surface area contributed by atoms with E-state index in [0.29, 0.717) is 28.4 Å². The Morgan fingerprint density at radius 1 is 0.917 bits per heavy atom. The van der Waals surface area contributed by atoms with E-state index in [0.717, 1.165) is 5.56 Å². The molecule has 1 spiro atoms. The molecule has 2 aliphatic rings. The summed E-state index contributed by atoms with van der Waals surface area (Å²) in [7, 11) is 0. The lowest BCUT2D eigenvalue weighted by molar-refractivity contribution is -0.0152. The van der Waals surface area contributed by atoms with Crippen LogP contribution in [-0.4, -0.2) is 36.7 Å². The van der Waals surface area contributed by atoms with Crippen LogP contribution in [0.1, 0.15) is 5.56 Å². The van der Waals surface area contributed by atoms with E-state index in [1.807, 2.05) is 31.2 Å². The van der Waals surface area contributed by atoms with Gasteiger partial charge in [-0.2, -0.15) is 4.99 Å². The van der Waals surface area contributed by atoms with Gasteiger partial charge in [-0.05, 0) is 43.3 Å². The molecular weight excluding hydrogens is 456 g/mol. The lowest BCUT2D eigenvalue weighted by atomic mass is 9.93. The first-order chi connectivity index (χ1) is 17.4. The lowest BCUT2D eigenvalue weighted by Crippen LogP contribution is -2.64.